The SMILES string of the molecule is COC(=O)c1cc(CN2C(=O)CCCC2=O)c2cc(Cc3ccc(F)cc3)cnc2c1O. The van der Waals surface area contributed by atoms with Crippen LogP contribution in [0.15, 0.2) is 42.6 Å². The van der Waals surface area contributed by atoms with Gasteiger partial charge in [-0.25, -0.2) is 9.18 Å². The molecule has 164 valence electrons. The lowest BCUT2D eigenvalue weighted by Gasteiger charge is -2.25. The van der Waals surface area contributed by atoms with Crippen LogP contribution in [0.2, 0.25) is 0 Å². The van der Waals surface area contributed by atoms with E-state index in [0.29, 0.717) is 23.8 Å². The molecule has 7 nitrogen and oxygen atoms in total. The van der Waals surface area contributed by atoms with Crippen LogP contribution in [0.4, 0.5) is 4.39 Å². The number of imide groups is 1. The van der Waals surface area contributed by atoms with Crippen LogP contribution in [-0.2, 0) is 27.3 Å². The van der Waals surface area contributed by atoms with Crippen molar-refractivity contribution in [2.75, 3.05) is 7.11 Å². The van der Waals surface area contributed by atoms with Crippen LogP contribution in [0, 0.1) is 5.82 Å². The van der Waals surface area contributed by atoms with Crippen molar-refractivity contribution in [1.82, 2.24) is 9.88 Å². The van der Waals surface area contributed by atoms with E-state index in [0.717, 1.165) is 11.1 Å². The molecule has 32 heavy (non-hydrogen) atoms. The fourth-order valence-corrected chi connectivity index (χ4v) is 3.87. The zero-order valence-electron chi connectivity index (χ0n) is 17.4. The number of pyridine rings is 1. The maximum atomic E-state index is 13.2. The van der Waals surface area contributed by atoms with Crippen LogP contribution < -0.4 is 0 Å². The van der Waals surface area contributed by atoms with Crippen molar-refractivity contribution in [3.8, 4) is 5.75 Å². The number of carbonyl (C=O) groups excluding carboxylic acids is 3. The maximum absolute atomic E-state index is 13.2. The molecule has 0 aliphatic carbocycles. The van der Waals surface area contributed by atoms with Gasteiger partial charge in [0, 0.05) is 24.4 Å². The number of hydrogen-bond acceptors (Lipinski definition) is 6. The van der Waals surface area contributed by atoms with E-state index in [2.05, 4.69) is 4.98 Å². The first-order valence-corrected chi connectivity index (χ1v) is 10.2. The van der Waals surface area contributed by atoms with Crippen molar-refractivity contribution in [2.45, 2.75) is 32.2 Å². The number of likely N-dealkylation sites (tertiary alicyclic amines) is 1. The minimum atomic E-state index is -0.751. The third kappa shape index (κ3) is 4.16. The van der Waals surface area contributed by atoms with Crippen LogP contribution in [0.25, 0.3) is 10.9 Å². The fourth-order valence-electron chi connectivity index (χ4n) is 3.87. The van der Waals surface area contributed by atoms with Gasteiger partial charge in [-0.1, -0.05) is 12.1 Å². The summed E-state index contributed by atoms with van der Waals surface area (Å²) in [5, 5.41) is 11.2. The molecule has 1 aliphatic rings. The number of nitrogens with zero attached hydrogens (tertiary/aromatic N) is 2. The molecule has 0 radical (unpaired) electrons. The Labute approximate surface area is 183 Å². The molecule has 2 amide bonds. The van der Waals surface area contributed by atoms with Gasteiger partial charge in [-0.15, -0.1) is 0 Å². The highest BCUT2D eigenvalue weighted by molar-refractivity contribution is 6.02. The Kier molecular flexibility index (Phi) is 5.85. The van der Waals surface area contributed by atoms with Gasteiger partial charge in [0.05, 0.1) is 13.7 Å². The summed E-state index contributed by atoms with van der Waals surface area (Å²) in [7, 11) is 1.20. The van der Waals surface area contributed by atoms with E-state index in [4.69, 9.17) is 4.74 Å². The van der Waals surface area contributed by atoms with Crippen LogP contribution in [0.1, 0.15) is 46.3 Å². The summed E-state index contributed by atoms with van der Waals surface area (Å²) in [5.41, 5.74) is 2.22. The van der Waals surface area contributed by atoms with Crippen LogP contribution in [0.5, 0.6) is 5.75 Å². The van der Waals surface area contributed by atoms with Gasteiger partial charge in [0.15, 0.2) is 5.75 Å². The average molecular weight is 436 g/mol. The molecule has 1 saturated heterocycles. The number of fused-ring (bicyclic) bond motifs is 1. The predicted octanol–water partition coefficient (Wildman–Crippen LogP) is 3.50. The first kappa shape index (κ1) is 21.4. The van der Waals surface area contributed by atoms with Gasteiger partial charge in [-0.2, -0.15) is 0 Å². The number of halogens is 1. The minimum Gasteiger partial charge on any atom is -0.505 e. The maximum Gasteiger partial charge on any atom is 0.341 e. The molecule has 8 heteroatoms. The van der Waals surface area contributed by atoms with Crippen molar-refractivity contribution < 1.29 is 28.6 Å². The summed E-state index contributed by atoms with van der Waals surface area (Å²) < 4.78 is 18.0. The van der Waals surface area contributed by atoms with Gasteiger partial charge >= 0.3 is 5.97 Å². The Balaban J connectivity index is 1.81. The molecular weight excluding hydrogens is 415 g/mol. The highest BCUT2D eigenvalue weighted by Crippen LogP contribution is 2.33. The lowest BCUT2D eigenvalue weighted by atomic mass is 9.98. The molecule has 4 rings (SSSR count). The smallest absolute Gasteiger partial charge is 0.341 e. The lowest BCUT2D eigenvalue weighted by Crippen LogP contribution is -2.39. The Hall–Kier alpha value is -3.81. The largest absolute Gasteiger partial charge is 0.505 e. The standard InChI is InChI=1S/C24H21FN2O5/c1-32-24(31)19-11-16(13-27-20(28)3-2-4-21(27)29)18-10-15(12-26-22(18)23(19)30)9-14-5-7-17(25)8-6-14/h5-8,10-12,30H,2-4,9,13H2,1H3. The normalized spacial score (nSPS) is 14.1. The average Bonchev–Trinajstić information content (AvgIpc) is 2.79. The Morgan fingerprint density at radius 2 is 1.81 bits per heavy atom. The van der Waals surface area contributed by atoms with Crippen molar-refractivity contribution >= 4 is 28.7 Å². The minimum absolute atomic E-state index is 0.0415. The number of hydrogen-bond donors (Lipinski definition) is 1. The molecule has 1 N–H and O–H groups in total. The molecule has 2 heterocycles. The molecule has 1 fully saturated rings. The first-order chi connectivity index (χ1) is 15.4. The molecule has 0 bridgehead atoms. The third-order valence-corrected chi connectivity index (χ3v) is 5.53. The molecule has 1 aromatic heterocycles. The molecule has 0 saturated carbocycles. The van der Waals surface area contributed by atoms with Gasteiger partial charge in [0.2, 0.25) is 11.8 Å². The molecule has 1 aliphatic heterocycles. The molecular formula is C24H21FN2O5. The summed E-state index contributed by atoms with van der Waals surface area (Å²) in [6.07, 6.45) is 3.10. The topological polar surface area (TPSA) is 96.8 Å². The molecule has 0 unspecified atom stereocenters. The highest BCUT2D eigenvalue weighted by Gasteiger charge is 2.28. The van der Waals surface area contributed by atoms with Crippen molar-refractivity contribution in [2.24, 2.45) is 0 Å². The van der Waals surface area contributed by atoms with Gasteiger partial charge in [-0.05, 0) is 53.8 Å². The number of phenols is 1. The first-order valence-electron chi connectivity index (χ1n) is 10.2. The summed E-state index contributed by atoms with van der Waals surface area (Å²) in [5.74, 6) is -1.97. The van der Waals surface area contributed by atoms with Gasteiger partial charge in [0.1, 0.15) is 16.9 Å². The fraction of sp³-hybridized carbons (Fsp3) is 0.250. The van der Waals surface area contributed by atoms with E-state index < -0.39 is 5.97 Å². The van der Waals surface area contributed by atoms with Crippen molar-refractivity contribution in [1.29, 1.82) is 0 Å². The van der Waals surface area contributed by atoms with E-state index in [-0.39, 0.29) is 53.8 Å². The number of aromatic hydroxyl groups is 1. The van der Waals surface area contributed by atoms with Crippen LogP contribution >= 0.6 is 0 Å². The quantitative estimate of drug-likeness (QED) is 0.486. The number of ether oxygens (including phenoxy) is 1. The second-order valence-electron chi connectivity index (χ2n) is 7.69. The third-order valence-electron chi connectivity index (χ3n) is 5.53. The van der Waals surface area contributed by atoms with E-state index in [9.17, 15) is 23.9 Å². The number of phenolic OH excluding ortho intramolecular Hbond substituents is 1. The highest BCUT2D eigenvalue weighted by atomic mass is 19.1. The van der Waals surface area contributed by atoms with Crippen LogP contribution in [-0.4, -0.2) is 39.9 Å². The summed E-state index contributed by atoms with van der Waals surface area (Å²) in [6, 6.07) is 9.31. The van der Waals surface area contributed by atoms with E-state index in [1.54, 1.807) is 24.4 Å². The van der Waals surface area contributed by atoms with Gasteiger partial charge < -0.3 is 9.84 Å². The van der Waals surface area contributed by atoms with Crippen molar-refractivity contribution in [3.63, 3.8) is 0 Å². The Morgan fingerprint density at radius 1 is 1.12 bits per heavy atom. The molecule has 0 atom stereocenters. The van der Waals surface area contributed by atoms with Crippen LogP contribution in [0.3, 0.4) is 0 Å². The van der Waals surface area contributed by atoms with E-state index >= 15 is 0 Å². The predicted molar refractivity (Wildman–Crippen MR) is 113 cm³/mol. The zero-order valence-corrected chi connectivity index (χ0v) is 17.4. The number of benzene rings is 2. The number of piperidine rings is 1. The number of aromatic nitrogens is 1. The van der Waals surface area contributed by atoms with Crippen molar-refractivity contribution in [3.05, 3.63) is 70.7 Å². The Bertz CT molecular complexity index is 1210. The summed E-state index contributed by atoms with van der Waals surface area (Å²) in [4.78, 5) is 42.4. The second-order valence-corrected chi connectivity index (χ2v) is 7.69. The van der Waals surface area contributed by atoms with E-state index in [1.165, 1.54) is 30.2 Å². The van der Waals surface area contributed by atoms with Gasteiger partial charge in [-0.3, -0.25) is 19.5 Å². The zero-order chi connectivity index (χ0) is 22.8. The number of amides is 2. The molecule has 0 spiro atoms. The number of carbonyl (C=O) groups is 3. The second kappa shape index (κ2) is 8.74. The number of esters is 1. The van der Waals surface area contributed by atoms with E-state index in [1.807, 2.05) is 0 Å². The summed E-state index contributed by atoms with van der Waals surface area (Å²) >= 11 is 0. The molecule has 2 aromatic carbocycles. The monoisotopic (exact) mass is 436 g/mol. The number of methoxy groups -OCH3 is 1. The Morgan fingerprint density at radius 3 is 2.47 bits per heavy atom. The summed E-state index contributed by atoms with van der Waals surface area (Å²) in [6.45, 7) is -0.0415. The number of rotatable bonds is 5. The lowest BCUT2D eigenvalue weighted by molar-refractivity contribution is -0.148. The molecule has 3 aromatic rings. The van der Waals surface area contributed by atoms with Gasteiger partial charge in [0.25, 0.3) is 0 Å².